The molecule has 27 heavy (non-hydrogen) atoms. The Morgan fingerprint density at radius 3 is 2.56 bits per heavy atom. The average molecular weight is 407 g/mol. The number of nitrogens with one attached hydrogen (secondary N) is 1. The van der Waals surface area contributed by atoms with Gasteiger partial charge < -0.3 is 13.9 Å². The Bertz CT molecular complexity index is 1040. The third-order valence-corrected chi connectivity index (χ3v) is 6.22. The second-order valence-corrected chi connectivity index (χ2v) is 8.35. The molecule has 0 aliphatic heterocycles. The molecule has 0 saturated carbocycles. The van der Waals surface area contributed by atoms with Crippen molar-refractivity contribution in [2.45, 2.75) is 11.4 Å². The predicted molar refractivity (Wildman–Crippen MR) is 100 cm³/mol. The SMILES string of the molecule is COc1ccc(S(=O)(=O)NCc2ccc(C(=O)c3ccco3)s2)cc1OC. The summed E-state index contributed by atoms with van der Waals surface area (Å²) in [5, 5.41) is 0. The van der Waals surface area contributed by atoms with Crippen molar-refractivity contribution in [2.24, 2.45) is 0 Å². The lowest BCUT2D eigenvalue weighted by Crippen LogP contribution is -2.22. The number of ether oxygens (including phenoxy) is 2. The Hall–Kier alpha value is -2.62. The fourth-order valence-electron chi connectivity index (χ4n) is 2.36. The highest BCUT2D eigenvalue weighted by Crippen LogP contribution is 2.29. The van der Waals surface area contributed by atoms with Crippen LogP contribution in [0.2, 0.25) is 0 Å². The Kier molecular flexibility index (Phi) is 5.64. The molecule has 0 fully saturated rings. The van der Waals surface area contributed by atoms with Crippen LogP contribution in [0.25, 0.3) is 0 Å². The number of thiophene rings is 1. The minimum atomic E-state index is -3.75. The Labute approximate surface area is 160 Å². The topological polar surface area (TPSA) is 94.8 Å². The first kappa shape index (κ1) is 19.2. The zero-order valence-electron chi connectivity index (χ0n) is 14.6. The van der Waals surface area contributed by atoms with E-state index < -0.39 is 10.0 Å². The minimum Gasteiger partial charge on any atom is -0.493 e. The van der Waals surface area contributed by atoms with Crippen LogP contribution in [-0.2, 0) is 16.6 Å². The van der Waals surface area contributed by atoms with E-state index in [0.717, 1.165) is 0 Å². The van der Waals surface area contributed by atoms with Gasteiger partial charge in [-0.2, -0.15) is 0 Å². The third kappa shape index (κ3) is 4.21. The smallest absolute Gasteiger partial charge is 0.241 e. The van der Waals surface area contributed by atoms with Crippen LogP contribution in [0.15, 0.2) is 58.0 Å². The number of carbonyl (C=O) groups is 1. The molecular formula is C18H17NO6S2. The zero-order valence-corrected chi connectivity index (χ0v) is 16.2. The van der Waals surface area contributed by atoms with E-state index >= 15 is 0 Å². The van der Waals surface area contributed by atoms with Gasteiger partial charge in [-0.25, -0.2) is 13.1 Å². The highest BCUT2D eigenvalue weighted by Gasteiger charge is 2.18. The number of rotatable bonds is 8. The minimum absolute atomic E-state index is 0.0589. The first-order valence-electron chi connectivity index (χ1n) is 7.83. The summed E-state index contributed by atoms with van der Waals surface area (Å²) in [7, 11) is -0.842. The van der Waals surface area contributed by atoms with Crippen molar-refractivity contribution in [1.29, 1.82) is 0 Å². The van der Waals surface area contributed by atoms with Crippen molar-refractivity contribution < 1.29 is 27.1 Å². The number of methoxy groups -OCH3 is 2. The van der Waals surface area contributed by atoms with Crippen LogP contribution in [0.4, 0.5) is 0 Å². The van der Waals surface area contributed by atoms with Crippen LogP contribution in [0.3, 0.4) is 0 Å². The number of furan rings is 1. The number of benzene rings is 1. The summed E-state index contributed by atoms with van der Waals surface area (Å²) in [5.74, 6) is 0.770. The maximum absolute atomic E-state index is 12.5. The maximum atomic E-state index is 12.5. The highest BCUT2D eigenvalue weighted by atomic mass is 32.2. The molecule has 9 heteroatoms. The van der Waals surface area contributed by atoms with Crippen molar-refractivity contribution >= 4 is 27.1 Å². The van der Waals surface area contributed by atoms with Gasteiger partial charge in [0.1, 0.15) is 0 Å². The molecule has 142 valence electrons. The maximum Gasteiger partial charge on any atom is 0.241 e. The Morgan fingerprint density at radius 2 is 1.89 bits per heavy atom. The Balaban J connectivity index is 1.72. The molecule has 3 rings (SSSR count). The number of hydrogen-bond acceptors (Lipinski definition) is 7. The summed E-state index contributed by atoms with van der Waals surface area (Å²) < 4.78 is 42.9. The summed E-state index contributed by atoms with van der Waals surface area (Å²) in [6, 6.07) is 10.9. The molecule has 1 N–H and O–H groups in total. The Morgan fingerprint density at radius 1 is 1.11 bits per heavy atom. The molecule has 2 aromatic heterocycles. The van der Waals surface area contributed by atoms with Crippen LogP contribution in [0.5, 0.6) is 11.5 Å². The highest BCUT2D eigenvalue weighted by molar-refractivity contribution is 7.89. The second kappa shape index (κ2) is 7.95. The largest absolute Gasteiger partial charge is 0.493 e. The molecule has 0 aliphatic carbocycles. The first-order chi connectivity index (χ1) is 12.9. The van der Waals surface area contributed by atoms with Crippen molar-refractivity contribution in [2.75, 3.05) is 14.2 Å². The summed E-state index contributed by atoms with van der Waals surface area (Å²) in [6.07, 6.45) is 1.43. The first-order valence-corrected chi connectivity index (χ1v) is 10.1. The van der Waals surface area contributed by atoms with E-state index in [1.165, 1.54) is 50.0 Å². The lowest BCUT2D eigenvalue weighted by Gasteiger charge is -2.10. The lowest BCUT2D eigenvalue weighted by molar-refractivity contribution is 0.101. The van der Waals surface area contributed by atoms with Crippen molar-refractivity contribution in [1.82, 2.24) is 4.72 Å². The molecule has 0 saturated heterocycles. The molecule has 0 radical (unpaired) electrons. The number of carbonyl (C=O) groups excluding carboxylic acids is 1. The van der Waals surface area contributed by atoms with E-state index in [4.69, 9.17) is 13.9 Å². The molecular weight excluding hydrogens is 390 g/mol. The van der Waals surface area contributed by atoms with Gasteiger partial charge in [-0.1, -0.05) is 0 Å². The molecule has 0 aliphatic rings. The van der Waals surface area contributed by atoms with E-state index in [1.54, 1.807) is 24.3 Å². The normalized spacial score (nSPS) is 11.3. The molecule has 0 spiro atoms. The third-order valence-electron chi connectivity index (χ3n) is 3.73. The van der Waals surface area contributed by atoms with Crippen LogP contribution in [0, 0.1) is 0 Å². The monoisotopic (exact) mass is 407 g/mol. The summed E-state index contributed by atoms with van der Waals surface area (Å²) >= 11 is 1.21. The summed E-state index contributed by atoms with van der Waals surface area (Å²) in [4.78, 5) is 13.5. The number of hydrogen-bond donors (Lipinski definition) is 1. The molecule has 0 atom stereocenters. The van der Waals surface area contributed by atoms with Crippen molar-refractivity contribution in [3.8, 4) is 11.5 Å². The van der Waals surface area contributed by atoms with E-state index in [0.29, 0.717) is 21.3 Å². The summed E-state index contributed by atoms with van der Waals surface area (Å²) in [5.41, 5.74) is 0. The van der Waals surface area contributed by atoms with Gasteiger partial charge in [0.05, 0.1) is 30.3 Å². The van der Waals surface area contributed by atoms with E-state index in [1.807, 2.05) is 0 Å². The molecule has 7 nitrogen and oxygen atoms in total. The molecule has 0 amide bonds. The fourth-order valence-corrected chi connectivity index (χ4v) is 4.36. The molecule has 1 aromatic carbocycles. The van der Waals surface area contributed by atoms with Gasteiger partial charge in [0.15, 0.2) is 17.3 Å². The average Bonchev–Trinajstić information content (AvgIpc) is 3.37. The molecule has 2 heterocycles. The summed E-state index contributed by atoms with van der Waals surface area (Å²) in [6.45, 7) is 0.0623. The van der Waals surface area contributed by atoms with Gasteiger partial charge in [0, 0.05) is 17.5 Å². The van der Waals surface area contributed by atoms with Crippen molar-refractivity contribution in [3.05, 3.63) is 64.2 Å². The van der Waals surface area contributed by atoms with Crippen LogP contribution in [-0.4, -0.2) is 28.4 Å². The molecule has 0 bridgehead atoms. The fraction of sp³-hybridized carbons (Fsp3) is 0.167. The van der Waals surface area contributed by atoms with Crippen LogP contribution >= 0.6 is 11.3 Å². The van der Waals surface area contributed by atoms with Crippen LogP contribution in [0.1, 0.15) is 20.3 Å². The molecule has 3 aromatic rings. The lowest BCUT2D eigenvalue weighted by atomic mass is 10.2. The van der Waals surface area contributed by atoms with Gasteiger partial charge in [-0.15, -0.1) is 11.3 Å². The van der Waals surface area contributed by atoms with E-state index in [9.17, 15) is 13.2 Å². The van der Waals surface area contributed by atoms with Gasteiger partial charge in [0.2, 0.25) is 15.8 Å². The quantitative estimate of drug-likeness (QED) is 0.577. The second-order valence-electron chi connectivity index (χ2n) is 5.41. The van der Waals surface area contributed by atoms with Gasteiger partial charge in [-0.05, 0) is 36.4 Å². The number of ketones is 1. The number of sulfonamides is 1. The predicted octanol–water partition coefficient (Wildman–Crippen LogP) is 3.07. The van der Waals surface area contributed by atoms with Gasteiger partial charge in [0.25, 0.3) is 0 Å². The molecule has 0 unspecified atom stereocenters. The zero-order chi connectivity index (χ0) is 19.4. The van der Waals surface area contributed by atoms with E-state index in [2.05, 4.69) is 4.72 Å². The van der Waals surface area contributed by atoms with Gasteiger partial charge >= 0.3 is 0 Å². The standard InChI is InChI=1S/C18H17NO6S2/c1-23-14-7-6-13(10-16(14)24-2)27(21,22)19-11-12-5-8-17(26-12)18(20)15-4-3-9-25-15/h3-10,19H,11H2,1-2H3. The van der Waals surface area contributed by atoms with Crippen LogP contribution < -0.4 is 14.2 Å². The van der Waals surface area contributed by atoms with E-state index in [-0.39, 0.29) is 23.0 Å². The van der Waals surface area contributed by atoms with Gasteiger partial charge in [-0.3, -0.25) is 4.79 Å². The van der Waals surface area contributed by atoms with Crippen molar-refractivity contribution in [3.63, 3.8) is 0 Å².